The van der Waals surface area contributed by atoms with E-state index < -0.39 is 6.04 Å². The zero-order valence-corrected chi connectivity index (χ0v) is 19.2. The Bertz CT molecular complexity index is 1220. The number of ether oxygens (including phenoxy) is 1. The molecule has 1 aliphatic rings. The highest BCUT2D eigenvalue weighted by Gasteiger charge is 2.36. The smallest absolute Gasteiger partial charge is 0.257 e. The number of allylic oxidation sites excluding steroid dienone is 1. The second-order valence-corrected chi connectivity index (χ2v) is 7.85. The number of hydrogen-bond acceptors (Lipinski definition) is 5. The van der Waals surface area contributed by atoms with Gasteiger partial charge in [0.1, 0.15) is 18.1 Å². The van der Waals surface area contributed by atoms with Crippen LogP contribution < -0.4 is 20.3 Å². The highest BCUT2D eigenvalue weighted by Crippen LogP contribution is 2.37. The van der Waals surface area contributed by atoms with E-state index in [1.807, 2.05) is 66.4 Å². The monoisotopic (exact) mass is 460 g/mol. The Morgan fingerprint density at radius 2 is 1.97 bits per heavy atom. The molecule has 0 fully saturated rings. The van der Waals surface area contributed by atoms with Crippen molar-refractivity contribution in [2.45, 2.75) is 19.9 Å². The molecule has 0 unspecified atom stereocenters. The van der Waals surface area contributed by atoms with Crippen LogP contribution in [-0.2, 0) is 4.79 Å². The minimum absolute atomic E-state index is 0.319. The third kappa shape index (κ3) is 4.65. The van der Waals surface area contributed by atoms with Gasteiger partial charge in [0, 0.05) is 23.0 Å². The van der Waals surface area contributed by atoms with Crippen molar-refractivity contribution in [2.24, 2.45) is 0 Å². The molecule has 8 heteroatoms. The molecule has 1 aliphatic heterocycles. The molecule has 0 bridgehead atoms. The van der Waals surface area contributed by atoms with Gasteiger partial charge in [0.25, 0.3) is 5.91 Å². The molecule has 4 rings (SSSR count). The Kier molecular flexibility index (Phi) is 6.55. The van der Waals surface area contributed by atoms with Crippen LogP contribution in [0.5, 0.6) is 5.75 Å². The zero-order chi connectivity index (χ0) is 23.4. The molecule has 0 saturated carbocycles. The highest BCUT2D eigenvalue weighted by molar-refractivity contribution is 7.80. The lowest BCUT2D eigenvalue weighted by molar-refractivity contribution is -0.113. The van der Waals surface area contributed by atoms with Crippen LogP contribution in [-0.4, -0.2) is 22.8 Å². The van der Waals surface area contributed by atoms with Crippen molar-refractivity contribution in [3.8, 4) is 5.75 Å². The van der Waals surface area contributed by atoms with Crippen molar-refractivity contribution < 1.29 is 14.1 Å². The summed E-state index contributed by atoms with van der Waals surface area (Å²) >= 11 is 5.73. The van der Waals surface area contributed by atoms with Crippen LogP contribution in [0.2, 0.25) is 0 Å². The van der Waals surface area contributed by atoms with Crippen molar-refractivity contribution >= 4 is 34.7 Å². The second-order valence-electron chi connectivity index (χ2n) is 7.47. The van der Waals surface area contributed by atoms with Crippen LogP contribution in [0.15, 0.2) is 89.1 Å². The molecule has 0 radical (unpaired) electrons. The molecule has 2 heterocycles. The lowest BCUT2D eigenvalue weighted by atomic mass is 9.93. The Labute approximate surface area is 197 Å². The van der Waals surface area contributed by atoms with Crippen LogP contribution in [0.25, 0.3) is 0 Å². The number of para-hydroxylation sites is 2. The molecule has 2 aromatic carbocycles. The van der Waals surface area contributed by atoms with Gasteiger partial charge in [0.15, 0.2) is 10.9 Å². The van der Waals surface area contributed by atoms with E-state index in [1.54, 1.807) is 19.1 Å². The van der Waals surface area contributed by atoms with Gasteiger partial charge in [-0.3, -0.25) is 9.69 Å². The normalized spacial score (nSPS) is 15.8. The van der Waals surface area contributed by atoms with Crippen LogP contribution in [0.3, 0.4) is 0 Å². The Morgan fingerprint density at radius 3 is 2.67 bits per heavy atom. The van der Waals surface area contributed by atoms with E-state index >= 15 is 0 Å². The number of benzene rings is 2. The minimum Gasteiger partial charge on any atom is -0.489 e. The number of nitrogens with one attached hydrogen (secondary N) is 2. The van der Waals surface area contributed by atoms with Gasteiger partial charge in [-0.25, -0.2) is 0 Å². The fourth-order valence-electron chi connectivity index (χ4n) is 3.77. The van der Waals surface area contributed by atoms with E-state index in [2.05, 4.69) is 22.4 Å². The third-order valence-corrected chi connectivity index (χ3v) is 5.50. The van der Waals surface area contributed by atoms with Crippen molar-refractivity contribution in [3.05, 3.63) is 95.9 Å². The number of carbonyl (C=O) groups is 1. The van der Waals surface area contributed by atoms with Gasteiger partial charge in [-0.1, -0.05) is 54.2 Å². The molecule has 1 aromatic heterocycles. The lowest BCUT2D eigenvalue weighted by Crippen LogP contribution is -2.48. The predicted octanol–water partition coefficient (Wildman–Crippen LogP) is 4.90. The standard InChI is InChI=1S/C25H24N4O3S/c1-4-14-31-20-13-9-8-12-19(20)23-22(24(30)26-21-15-16(2)32-28-21)17(3)29(25(33)27-23)18-10-6-5-7-11-18/h4-13,15,23H,1,14H2,2-3H3,(H,27,33)(H,26,28,30)/t23-/m0/s1. The third-order valence-electron chi connectivity index (χ3n) is 5.20. The van der Waals surface area contributed by atoms with Crippen LogP contribution in [0.1, 0.15) is 24.3 Å². The number of thiocarbonyl (C=S) groups is 1. The van der Waals surface area contributed by atoms with Crippen molar-refractivity contribution in [3.63, 3.8) is 0 Å². The van der Waals surface area contributed by atoms with Gasteiger partial charge in [-0.05, 0) is 44.3 Å². The zero-order valence-electron chi connectivity index (χ0n) is 18.4. The summed E-state index contributed by atoms with van der Waals surface area (Å²) in [6, 6.07) is 18.3. The number of aromatic nitrogens is 1. The molecule has 1 atom stereocenters. The molecule has 1 amide bonds. The molecule has 7 nitrogen and oxygen atoms in total. The summed E-state index contributed by atoms with van der Waals surface area (Å²) in [7, 11) is 0. The minimum atomic E-state index is -0.536. The number of carbonyl (C=O) groups excluding carboxylic acids is 1. The summed E-state index contributed by atoms with van der Waals surface area (Å²) in [6.45, 7) is 7.70. The van der Waals surface area contributed by atoms with Crippen molar-refractivity contribution in [1.29, 1.82) is 0 Å². The van der Waals surface area contributed by atoms with Gasteiger partial charge in [0.2, 0.25) is 0 Å². The molecule has 168 valence electrons. The molecule has 3 aromatic rings. The maximum atomic E-state index is 13.6. The number of hydrogen-bond donors (Lipinski definition) is 2. The quantitative estimate of drug-likeness (QED) is 0.384. The molecule has 33 heavy (non-hydrogen) atoms. The summed E-state index contributed by atoms with van der Waals surface area (Å²) in [5, 5.41) is 10.6. The Balaban J connectivity index is 1.82. The fourth-order valence-corrected chi connectivity index (χ4v) is 4.13. The van der Waals surface area contributed by atoms with Gasteiger partial charge >= 0.3 is 0 Å². The summed E-state index contributed by atoms with van der Waals surface area (Å²) in [4.78, 5) is 15.4. The highest BCUT2D eigenvalue weighted by atomic mass is 32.1. The number of nitrogens with zero attached hydrogens (tertiary/aromatic N) is 2. The molecule has 2 N–H and O–H groups in total. The molecular formula is C25H24N4O3S. The van der Waals surface area contributed by atoms with Gasteiger partial charge in [-0.2, -0.15) is 0 Å². The Morgan fingerprint density at radius 1 is 1.24 bits per heavy atom. The topological polar surface area (TPSA) is 79.6 Å². The summed E-state index contributed by atoms with van der Waals surface area (Å²) < 4.78 is 11.0. The largest absolute Gasteiger partial charge is 0.489 e. The second kappa shape index (κ2) is 9.70. The Hall–Kier alpha value is -3.91. The SMILES string of the molecule is C=CCOc1ccccc1[C@@H]1NC(=S)N(c2ccccc2)C(C)=C1C(=O)Nc1cc(C)on1. The molecule has 0 saturated heterocycles. The van der Waals surface area contributed by atoms with Crippen LogP contribution in [0.4, 0.5) is 11.5 Å². The summed E-state index contributed by atoms with van der Waals surface area (Å²) in [5.41, 5.74) is 2.83. The number of anilines is 2. The number of rotatable bonds is 7. The summed E-state index contributed by atoms with van der Waals surface area (Å²) in [6.07, 6.45) is 1.68. The van der Waals surface area contributed by atoms with Crippen LogP contribution >= 0.6 is 12.2 Å². The average Bonchev–Trinajstić information content (AvgIpc) is 3.22. The first-order chi connectivity index (χ1) is 16.0. The van der Waals surface area contributed by atoms with E-state index in [-0.39, 0.29) is 5.91 Å². The molecule has 0 aliphatic carbocycles. The predicted molar refractivity (Wildman–Crippen MR) is 132 cm³/mol. The average molecular weight is 461 g/mol. The lowest BCUT2D eigenvalue weighted by Gasteiger charge is -2.38. The van der Waals surface area contributed by atoms with Crippen LogP contribution in [0, 0.1) is 6.92 Å². The maximum Gasteiger partial charge on any atom is 0.257 e. The van der Waals surface area contributed by atoms with Gasteiger partial charge in [-0.15, -0.1) is 0 Å². The van der Waals surface area contributed by atoms with E-state index in [4.69, 9.17) is 21.5 Å². The van der Waals surface area contributed by atoms with Crippen molar-refractivity contribution in [2.75, 3.05) is 16.8 Å². The first-order valence-corrected chi connectivity index (χ1v) is 10.8. The summed E-state index contributed by atoms with van der Waals surface area (Å²) in [5.74, 6) is 1.26. The molecule has 0 spiro atoms. The van der Waals surface area contributed by atoms with E-state index in [9.17, 15) is 4.79 Å². The molecular weight excluding hydrogens is 436 g/mol. The maximum absolute atomic E-state index is 13.6. The van der Waals surface area contributed by atoms with Gasteiger partial charge in [0.05, 0.1) is 11.6 Å². The van der Waals surface area contributed by atoms with E-state index in [0.29, 0.717) is 40.3 Å². The number of amides is 1. The van der Waals surface area contributed by atoms with Gasteiger partial charge < -0.3 is 19.9 Å². The fraction of sp³-hybridized carbons (Fsp3) is 0.160. The van der Waals surface area contributed by atoms with E-state index in [0.717, 1.165) is 11.3 Å². The van der Waals surface area contributed by atoms with E-state index in [1.165, 1.54) is 0 Å². The van der Waals surface area contributed by atoms with Crippen molar-refractivity contribution in [1.82, 2.24) is 10.5 Å². The number of aryl methyl sites for hydroxylation is 1. The first-order valence-electron chi connectivity index (χ1n) is 10.4. The first kappa shape index (κ1) is 22.3.